The first kappa shape index (κ1) is 22.4. The number of carbonyl (C=O) groups is 1. The minimum absolute atomic E-state index is 0.00915. The summed E-state index contributed by atoms with van der Waals surface area (Å²) in [6, 6.07) is 12.1. The van der Waals surface area contributed by atoms with Crippen molar-refractivity contribution in [1.29, 1.82) is 0 Å². The van der Waals surface area contributed by atoms with Crippen molar-refractivity contribution < 1.29 is 13.2 Å². The van der Waals surface area contributed by atoms with Crippen LogP contribution in [-0.2, 0) is 10.0 Å². The standard InChI is InChI=1S/C20H22Cl2N2O3S2/c1-14(2)28-17-8-4-3-6-15(17)20(25)23-10-12-24(13-11-23)29(26,27)18-9-5-7-16(21)19(18)22/h3-9,14H,10-13H2,1-2H3. The van der Waals surface area contributed by atoms with Crippen molar-refractivity contribution in [3.63, 3.8) is 0 Å². The highest BCUT2D eigenvalue weighted by Crippen LogP contribution is 2.32. The molecule has 0 aromatic heterocycles. The molecule has 0 N–H and O–H groups in total. The molecular weight excluding hydrogens is 451 g/mol. The Morgan fingerprint density at radius 1 is 1.00 bits per heavy atom. The minimum atomic E-state index is -3.78. The SMILES string of the molecule is CC(C)Sc1ccccc1C(=O)N1CCN(S(=O)(=O)c2cccc(Cl)c2Cl)CC1. The Bertz CT molecular complexity index is 1000. The molecule has 0 radical (unpaired) electrons. The van der Waals surface area contributed by atoms with E-state index in [9.17, 15) is 13.2 Å². The third kappa shape index (κ3) is 4.91. The van der Waals surface area contributed by atoms with Crippen LogP contribution in [0, 0.1) is 0 Å². The molecule has 0 aliphatic carbocycles. The van der Waals surface area contributed by atoms with Crippen LogP contribution < -0.4 is 0 Å². The smallest absolute Gasteiger partial charge is 0.255 e. The molecule has 1 fully saturated rings. The molecule has 0 bridgehead atoms. The predicted molar refractivity (Wildman–Crippen MR) is 119 cm³/mol. The van der Waals surface area contributed by atoms with Crippen LogP contribution in [0.15, 0.2) is 52.3 Å². The highest BCUT2D eigenvalue weighted by atomic mass is 35.5. The van der Waals surface area contributed by atoms with Gasteiger partial charge in [-0.25, -0.2) is 8.42 Å². The second-order valence-electron chi connectivity index (χ2n) is 6.91. The average molecular weight is 473 g/mol. The van der Waals surface area contributed by atoms with Gasteiger partial charge in [-0.1, -0.05) is 55.2 Å². The zero-order valence-electron chi connectivity index (χ0n) is 16.1. The van der Waals surface area contributed by atoms with E-state index in [2.05, 4.69) is 13.8 Å². The topological polar surface area (TPSA) is 57.7 Å². The summed E-state index contributed by atoms with van der Waals surface area (Å²) in [5, 5.41) is 0.571. The van der Waals surface area contributed by atoms with E-state index < -0.39 is 10.0 Å². The number of hydrogen-bond acceptors (Lipinski definition) is 4. The largest absolute Gasteiger partial charge is 0.336 e. The maximum atomic E-state index is 13.0. The molecule has 2 aromatic carbocycles. The Hall–Kier alpha value is -1.25. The van der Waals surface area contributed by atoms with Gasteiger partial charge in [0, 0.05) is 36.3 Å². The molecule has 1 saturated heterocycles. The van der Waals surface area contributed by atoms with Crippen LogP contribution in [0.2, 0.25) is 10.0 Å². The van der Waals surface area contributed by atoms with Gasteiger partial charge in [-0.2, -0.15) is 4.31 Å². The highest BCUT2D eigenvalue weighted by Gasteiger charge is 2.32. The molecule has 3 rings (SSSR count). The third-order valence-corrected chi connectivity index (χ3v) is 8.49. The Morgan fingerprint density at radius 2 is 1.66 bits per heavy atom. The monoisotopic (exact) mass is 472 g/mol. The molecule has 0 unspecified atom stereocenters. The fourth-order valence-electron chi connectivity index (χ4n) is 3.12. The summed E-state index contributed by atoms with van der Waals surface area (Å²) in [5.41, 5.74) is 0.653. The molecular formula is C20H22Cl2N2O3S2. The Morgan fingerprint density at radius 3 is 2.31 bits per heavy atom. The number of amides is 1. The van der Waals surface area contributed by atoms with Gasteiger partial charge in [0.1, 0.15) is 4.90 Å². The van der Waals surface area contributed by atoms with Crippen LogP contribution in [0.4, 0.5) is 0 Å². The van der Waals surface area contributed by atoms with E-state index >= 15 is 0 Å². The van der Waals surface area contributed by atoms with E-state index in [1.807, 2.05) is 24.3 Å². The molecule has 0 saturated carbocycles. The van der Waals surface area contributed by atoms with Crippen LogP contribution in [0.1, 0.15) is 24.2 Å². The molecule has 5 nitrogen and oxygen atoms in total. The molecule has 9 heteroatoms. The van der Waals surface area contributed by atoms with E-state index in [0.717, 1.165) is 4.90 Å². The molecule has 1 aliphatic heterocycles. The average Bonchev–Trinajstić information content (AvgIpc) is 2.69. The lowest BCUT2D eigenvalue weighted by Gasteiger charge is -2.34. The summed E-state index contributed by atoms with van der Waals surface area (Å²) in [7, 11) is -3.78. The van der Waals surface area contributed by atoms with Crippen LogP contribution in [0.25, 0.3) is 0 Å². The maximum absolute atomic E-state index is 13.0. The number of nitrogens with zero attached hydrogens (tertiary/aromatic N) is 2. The number of sulfonamides is 1. The number of benzene rings is 2. The second-order valence-corrected chi connectivity index (χ2v) is 11.2. The normalized spacial score (nSPS) is 15.7. The van der Waals surface area contributed by atoms with Crippen molar-refractivity contribution >= 4 is 50.9 Å². The van der Waals surface area contributed by atoms with Crippen LogP contribution in [-0.4, -0.2) is 55.0 Å². The molecule has 1 aliphatic rings. The third-order valence-electron chi connectivity index (χ3n) is 4.54. The Balaban J connectivity index is 1.74. The van der Waals surface area contributed by atoms with Gasteiger partial charge < -0.3 is 4.90 Å². The molecule has 0 spiro atoms. The summed E-state index contributed by atoms with van der Waals surface area (Å²) in [6.07, 6.45) is 0. The minimum Gasteiger partial charge on any atom is -0.336 e. The fourth-order valence-corrected chi connectivity index (χ4v) is 6.23. The van der Waals surface area contributed by atoms with Crippen molar-refractivity contribution in [2.24, 2.45) is 0 Å². The van der Waals surface area contributed by atoms with Gasteiger partial charge >= 0.3 is 0 Å². The van der Waals surface area contributed by atoms with Crippen molar-refractivity contribution in [2.75, 3.05) is 26.2 Å². The maximum Gasteiger partial charge on any atom is 0.255 e. The molecule has 2 aromatic rings. The van der Waals surface area contributed by atoms with E-state index in [-0.39, 0.29) is 33.9 Å². The van der Waals surface area contributed by atoms with Gasteiger partial charge in [-0.3, -0.25) is 4.79 Å². The van der Waals surface area contributed by atoms with Gasteiger partial charge in [0.15, 0.2) is 0 Å². The number of piperazine rings is 1. The summed E-state index contributed by atoms with van der Waals surface area (Å²) in [5.74, 6) is -0.0772. The predicted octanol–water partition coefficient (Wildman–Crippen LogP) is 4.64. The van der Waals surface area contributed by atoms with E-state index in [0.29, 0.717) is 23.9 Å². The molecule has 29 heavy (non-hydrogen) atoms. The zero-order valence-corrected chi connectivity index (χ0v) is 19.3. The van der Waals surface area contributed by atoms with Crippen molar-refractivity contribution in [2.45, 2.75) is 28.9 Å². The van der Waals surface area contributed by atoms with Gasteiger partial charge in [-0.05, 0) is 24.3 Å². The van der Waals surface area contributed by atoms with Crippen LogP contribution in [0.5, 0.6) is 0 Å². The van der Waals surface area contributed by atoms with Gasteiger partial charge in [0.05, 0.1) is 15.6 Å². The zero-order chi connectivity index (χ0) is 21.2. The second kappa shape index (κ2) is 9.27. The summed E-state index contributed by atoms with van der Waals surface area (Å²) in [4.78, 5) is 15.7. The highest BCUT2D eigenvalue weighted by molar-refractivity contribution is 8.00. The van der Waals surface area contributed by atoms with E-state index in [4.69, 9.17) is 23.2 Å². The van der Waals surface area contributed by atoms with Gasteiger partial charge in [0.25, 0.3) is 5.91 Å². The number of thioether (sulfide) groups is 1. The molecule has 156 valence electrons. The lowest BCUT2D eigenvalue weighted by Crippen LogP contribution is -2.50. The fraction of sp³-hybridized carbons (Fsp3) is 0.350. The summed E-state index contributed by atoms with van der Waals surface area (Å²) >= 11 is 13.7. The van der Waals surface area contributed by atoms with Crippen LogP contribution in [0.3, 0.4) is 0 Å². The Labute approximate surface area is 186 Å². The summed E-state index contributed by atoms with van der Waals surface area (Å²) in [6.45, 7) is 5.20. The lowest BCUT2D eigenvalue weighted by atomic mass is 10.2. The molecule has 1 amide bonds. The van der Waals surface area contributed by atoms with Gasteiger partial charge in [-0.15, -0.1) is 11.8 Å². The lowest BCUT2D eigenvalue weighted by molar-refractivity contribution is 0.0694. The van der Waals surface area contributed by atoms with Crippen LogP contribution >= 0.6 is 35.0 Å². The van der Waals surface area contributed by atoms with Crippen molar-refractivity contribution in [3.05, 3.63) is 58.1 Å². The van der Waals surface area contributed by atoms with Crippen molar-refractivity contribution in [3.8, 4) is 0 Å². The first-order chi connectivity index (χ1) is 13.7. The number of rotatable bonds is 5. The Kier molecular flexibility index (Phi) is 7.17. The van der Waals surface area contributed by atoms with Gasteiger partial charge in [0.2, 0.25) is 10.0 Å². The first-order valence-electron chi connectivity index (χ1n) is 9.21. The molecule has 1 heterocycles. The number of halogens is 2. The quantitative estimate of drug-likeness (QED) is 0.594. The van der Waals surface area contributed by atoms with E-state index in [1.165, 1.54) is 10.4 Å². The first-order valence-corrected chi connectivity index (χ1v) is 12.3. The molecule has 0 atom stereocenters. The van der Waals surface area contributed by atoms with E-state index in [1.54, 1.807) is 28.8 Å². The number of carbonyl (C=O) groups excluding carboxylic acids is 1. The summed E-state index contributed by atoms with van der Waals surface area (Å²) < 4.78 is 27.3. The number of hydrogen-bond donors (Lipinski definition) is 0. The van der Waals surface area contributed by atoms with Crippen molar-refractivity contribution in [1.82, 2.24) is 9.21 Å².